The van der Waals surface area contributed by atoms with Gasteiger partial charge in [-0.3, -0.25) is 4.79 Å². The summed E-state index contributed by atoms with van der Waals surface area (Å²) in [5.74, 6) is -0.959. The Bertz CT molecular complexity index is 931. The number of carbonyl (C=O) groups is 2. The minimum absolute atomic E-state index is 0.313. The molecule has 2 aromatic carbocycles. The summed E-state index contributed by atoms with van der Waals surface area (Å²) in [6.45, 7) is 0. The molecular weight excluding hydrogens is 414 g/mol. The average Bonchev–Trinajstić information content (AvgIpc) is 3.22. The summed E-state index contributed by atoms with van der Waals surface area (Å²) in [5, 5.41) is 13.8. The number of methoxy groups -OCH3 is 1. The molecule has 8 nitrogen and oxygen atoms in total. The number of carbonyl (C=O) groups excluding carboxylic acids is 2. The van der Waals surface area contributed by atoms with Crippen molar-refractivity contribution in [3.8, 4) is 5.69 Å². The topological polar surface area (TPSA) is 99.0 Å². The van der Waals surface area contributed by atoms with Gasteiger partial charge in [0, 0.05) is 10.9 Å². The number of halogens is 1. The number of ether oxygens (including phenoxy) is 1. The van der Waals surface area contributed by atoms with Gasteiger partial charge in [0.05, 0.1) is 18.4 Å². The number of tetrazole rings is 1. The van der Waals surface area contributed by atoms with E-state index in [1.807, 2.05) is 30.3 Å². The molecule has 0 spiro atoms. The monoisotopic (exact) mass is 429 g/mol. The van der Waals surface area contributed by atoms with Gasteiger partial charge >= 0.3 is 5.97 Å². The van der Waals surface area contributed by atoms with Gasteiger partial charge in [0.2, 0.25) is 0 Å². The van der Waals surface area contributed by atoms with E-state index in [4.69, 9.17) is 4.74 Å². The van der Waals surface area contributed by atoms with E-state index < -0.39 is 17.9 Å². The van der Waals surface area contributed by atoms with Crippen LogP contribution in [0.15, 0.2) is 59.3 Å². The molecule has 0 bridgehead atoms. The predicted octanol–water partition coefficient (Wildman–Crippen LogP) is 1.94. The lowest BCUT2D eigenvalue weighted by molar-refractivity contribution is -0.142. The van der Waals surface area contributed by atoms with Crippen molar-refractivity contribution in [3.05, 3.63) is 70.5 Å². The number of aromatic nitrogens is 4. The van der Waals surface area contributed by atoms with Crippen molar-refractivity contribution in [1.82, 2.24) is 25.5 Å². The second kappa shape index (κ2) is 8.54. The summed E-state index contributed by atoms with van der Waals surface area (Å²) in [6.07, 6.45) is 1.70. The number of nitrogens with one attached hydrogen (secondary N) is 1. The second-order valence-corrected chi connectivity index (χ2v) is 6.57. The van der Waals surface area contributed by atoms with E-state index in [1.54, 1.807) is 18.2 Å². The smallest absolute Gasteiger partial charge is 0.328 e. The van der Waals surface area contributed by atoms with Crippen LogP contribution in [-0.2, 0) is 16.0 Å². The quantitative estimate of drug-likeness (QED) is 0.601. The average molecular weight is 430 g/mol. The Morgan fingerprint density at radius 1 is 1.22 bits per heavy atom. The van der Waals surface area contributed by atoms with E-state index in [-0.39, 0.29) is 0 Å². The maximum atomic E-state index is 12.9. The van der Waals surface area contributed by atoms with Crippen molar-refractivity contribution in [1.29, 1.82) is 0 Å². The minimum Gasteiger partial charge on any atom is -0.467 e. The zero-order valence-electron chi connectivity index (χ0n) is 14.4. The zero-order chi connectivity index (χ0) is 19.2. The van der Waals surface area contributed by atoms with Crippen LogP contribution < -0.4 is 5.32 Å². The van der Waals surface area contributed by atoms with Crippen molar-refractivity contribution in [2.24, 2.45) is 0 Å². The molecular formula is C18H16BrN5O3. The molecule has 0 aliphatic heterocycles. The van der Waals surface area contributed by atoms with E-state index in [0.717, 1.165) is 5.56 Å². The molecule has 0 aliphatic carbocycles. The van der Waals surface area contributed by atoms with Gasteiger partial charge in [0.25, 0.3) is 5.91 Å². The SMILES string of the molecule is COC(=O)[C@@H](Cc1ccccc1)NC(=O)c1cc(Br)ccc1-n1cnnn1. The molecule has 1 atom stereocenters. The highest BCUT2D eigenvalue weighted by Crippen LogP contribution is 2.20. The highest BCUT2D eigenvalue weighted by atomic mass is 79.9. The molecule has 0 unspecified atom stereocenters. The van der Waals surface area contributed by atoms with Gasteiger partial charge in [-0.15, -0.1) is 5.10 Å². The number of amides is 1. The molecule has 3 rings (SSSR count). The largest absolute Gasteiger partial charge is 0.467 e. The lowest BCUT2D eigenvalue weighted by Gasteiger charge is -2.18. The van der Waals surface area contributed by atoms with Gasteiger partial charge in [0.1, 0.15) is 12.4 Å². The Labute approximate surface area is 163 Å². The third kappa shape index (κ3) is 4.56. The van der Waals surface area contributed by atoms with Crippen LogP contribution in [0.2, 0.25) is 0 Å². The van der Waals surface area contributed by atoms with Crippen LogP contribution in [0.3, 0.4) is 0 Å². The molecule has 1 aromatic heterocycles. The van der Waals surface area contributed by atoms with Gasteiger partial charge in [-0.1, -0.05) is 46.3 Å². The fourth-order valence-electron chi connectivity index (χ4n) is 2.58. The Morgan fingerprint density at radius 2 is 2.00 bits per heavy atom. The number of nitrogens with zero attached hydrogens (tertiary/aromatic N) is 4. The molecule has 1 amide bonds. The summed E-state index contributed by atoms with van der Waals surface area (Å²) >= 11 is 3.36. The molecule has 138 valence electrons. The normalized spacial score (nSPS) is 11.6. The first-order valence-electron chi connectivity index (χ1n) is 8.04. The Morgan fingerprint density at radius 3 is 2.67 bits per heavy atom. The maximum Gasteiger partial charge on any atom is 0.328 e. The molecule has 0 fully saturated rings. The van der Waals surface area contributed by atoms with Crippen molar-refractivity contribution >= 4 is 27.8 Å². The Kier molecular flexibility index (Phi) is 5.92. The van der Waals surface area contributed by atoms with Crippen LogP contribution in [0.25, 0.3) is 5.69 Å². The van der Waals surface area contributed by atoms with Gasteiger partial charge in [-0.25, -0.2) is 4.79 Å². The second-order valence-electron chi connectivity index (χ2n) is 5.65. The summed E-state index contributed by atoms with van der Waals surface area (Å²) in [4.78, 5) is 25.1. The Balaban J connectivity index is 1.88. The van der Waals surface area contributed by atoms with Crippen LogP contribution in [0.4, 0.5) is 0 Å². The van der Waals surface area contributed by atoms with Crippen LogP contribution >= 0.6 is 15.9 Å². The first-order chi connectivity index (χ1) is 13.1. The van der Waals surface area contributed by atoms with Gasteiger partial charge in [-0.2, -0.15) is 4.68 Å². The number of esters is 1. The third-order valence-corrected chi connectivity index (χ3v) is 4.37. The summed E-state index contributed by atoms with van der Waals surface area (Å²) in [7, 11) is 1.29. The molecule has 1 heterocycles. The van der Waals surface area contributed by atoms with Crippen molar-refractivity contribution in [3.63, 3.8) is 0 Å². The first-order valence-corrected chi connectivity index (χ1v) is 8.83. The number of hydrogen-bond acceptors (Lipinski definition) is 6. The van der Waals surface area contributed by atoms with Gasteiger partial charge in [-0.05, 0) is 34.2 Å². The summed E-state index contributed by atoms with van der Waals surface area (Å²) < 4.78 is 6.94. The van der Waals surface area contributed by atoms with Crippen molar-refractivity contribution in [2.45, 2.75) is 12.5 Å². The van der Waals surface area contributed by atoms with E-state index in [1.165, 1.54) is 18.1 Å². The highest BCUT2D eigenvalue weighted by molar-refractivity contribution is 9.10. The van der Waals surface area contributed by atoms with Gasteiger partial charge < -0.3 is 10.1 Å². The molecule has 27 heavy (non-hydrogen) atoms. The van der Waals surface area contributed by atoms with E-state index in [2.05, 4.69) is 36.8 Å². The summed E-state index contributed by atoms with van der Waals surface area (Å²) in [6, 6.07) is 13.7. The molecule has 0 saturated carbocycles. The van der Waals surface area contributed by atoms with E-state index >= 15 is 0 Å². The molecule has 0 aliphatic rings. The lowest BCUT2D eigenvalue weighted by atomic mass is 10.0. The number of rotatable bonds is 6. The van der Waals surface area contributed by atoms with Gasteiger partial charge in [0.15, 0.2) is 0 Å². The van der Waals surface area contributed by atoms with Crippen LogP contribution in [-0.4, -0.2) is 45.2 Å². The molecule has 1 N–H and O–H groups in total. The number of benzene rings is 2. The van der Waals surface area contributed by atoms with E-state index in [9.17, 15) is 9.59 Å². The molecule has 3 aromatic rings. The maximum absolute atomic E-state index is 12.9. The van der Waals surface area contributed by atoms with Crippen LogP contribution in [0.1, 0.15) is 15.9 Å². The fourth-order valence-corrected chi connectivity index (χ4v) is 2.94. The first kappa shape index (κ1) is 18.7. The standard InChI is InChI=1S/C18H16BrN5O3/c1-27-18(26)15(9-12-5-3-2-4-6-12)21-17(25)14-10-13(19)7-8-16(14)24-11-20-22-23-24/h2-8,10-11,15H,9H2,1H3,(H,21,25)/t15-/m1/s1. The predicted molar refractivity (Wildman–Crippen MR) is 100 cm³/mol. The molecule has 0 saturated heterocycles. The lowest BCUT2D eigenvalue weighted by Crippen LogP contribution is -2.43. The minimum atomic E-state index is -0.828. The fraction of sp³-hybridized carbons (Fsp3) is 0.167. The molecule has 0 radical (unpaired) electrons. The molecule has 9 heteroatoms. The van der Waals surface area contributed by atoms with Crippen LogP contribution in [0.5, 0.6) is 0 Å². The number of hydrogen-bond donors (Lipinski definition) is 1. The van der Waals surface area contributed by atoms with Crippen LogP contribution in [0, 0.1) is 0 Å². The zero-order valence-corrected chi connectivity index (χ0v) is 16.0. The van der Waals surface area contributed by atoms with E-state index in [0.29, 0.717) is 22.1 Å². The van der Waals surface area contributed by atoms with Crippen molar-refractivity contribution in [2.75, 3.05) is 7.11 Å². The Hall–Kier alpha value is -3.07. The van der Waals surface area contributed by atoms with Crippen molar-refractivity contribution < 1.29 is 14.3 Å². The third-order valence-electron chi connectivity index (χ3n) is 3.87. The summed E-state index contributed by atoms with van der Waals surface area (Å²) in [5.41, 5.74) is 1.71. The highest BCUT2D eigenvalue weighted by Gasteiger charge is 2.24.